The number of nitrogens with zero attached hydrogens (tertiary/aromatic N) is 2. The molecule has 0 aliphatic carbocycles. The number of nitrogens with one attached hydrogen (secondary N) is 1. The first-order valence-electron chi connectivity index (χ1n) is 6.47. The highest BCUT2D eigenvalue weighted by Crippen LogP contribution is 2.26. The summed E-state index contributed by atoms with van der Waals surface area (Å²) in [6.07, 6.45) is -1.18. The maximum Gasteiger partial charge on any atom is 0.573 e. The molecule has 1 aromatic carbocycles. The number of ether oxygens (including phenoxy) is 1. The van der Waals surface area contributed by atoms with Crippen molar-refractivity contribution in [1.82, 2.24) is 14.9 Å². The van der Waals surface area contributed by atoms with Crippen LogP contribution in [0.25, 0.3) is 0 Å². The van der Waals surface area contributed by atoms with Gasteiger partial charge in [0.15, 0.2) is 0 Å². The summed E-state index contributed by atoms with van der Waals surface area (Å²) in [6, 6.07) is 5.62. The zero-order chi connectivity index (χ0) is 15.5. The third-order valence-electron chi connectivity index (χ3n) is 2.97. The Bertz CT molecular complexity index is 578. The molecule has 1 atom stereocenters. The van der Waals surface area contributed by atoms with Crippen LogP contribution in [0.3, 0.4) is 0 Å². The van der Waals surface area contributed by atoms with Gasteiger partial charge in [-0.3, -0.25) is 0 Å². The number of benzene rings is 1. The molecule has 0 radical (unpaired) electrons. The van der Waals surface area contributed by atoms with Gasteiger partial charge in [0.05, 0.1) is 6.04 Å². The van der Waals surface area contributed by atoms with Gasteiger partial charge in [0.2, 0.25) is 0 Å². The summed E-state index contributed by atoms with van der Waals surface area (Å²) in [5.74, 6) is 0.558. The van der Waals surface area contributed by atoms with E-state index in [4.69, 9.17) is 0 Å². The molecule has 0 saturated heterocycles. The van der Waals surface area contributed by atoms with Crippen molar-refractivity contribution in [1.29, 1.82) is 0 Å². The number of hydrogen-bond acceptors (Lipinski definition) is 3. The Morgan fingerprint density at radius 2 is 1.95 bits per heavy atom. The lowest BCUT2D eigenvalue weighted by molar-refractivity contribution is -0.274. The maximum atomic E-state index is 12.1. The summed E-state index contributed by atoms with van der Waals surface area (Å²) in [4.78, 5) is 4.28. The number of alkyl halides is 3. The molecule has 0 saturated carbocycles. The van der Waals surface area contributed by atoms with Crippen molar-refractivity contribution in [3.8, 4) is 5.75 Å². The van der Waals surface area contributed by atoms with E-state index in [0.29, 0.717) is 6.54 Å². The van der Waals surface area contributed by atoms with Gasteiger partial charge in [0.25, 0.3) is 0 Å². The van der Waals surface area contributed by atoms with E-state index >= 15 is 0 Å². The molecule has 2 aromatic rings. The molecule has 1 heterocycles. The van der Waals surface area contributed by atoms with E-state index in [1.54, 1.807) is 18.3 Å². The van der Waals surface area contributed by atoms with Crippen molar-refractivity contribution in [3.05, 3.63) is 48.0 Å². The quantitative estimate of drug-likeness (QED) is 0.922. The van der Waals surface area contributed by atoms with Crippen molar-refractivity contribution in [3.63, 3.8) is 0 Å². The predicted molar refractivity (Wildman–Crippen MR) is 71.9 cm³/mol. The predicted octanol–water partition coefficient (Wildman–Crippen LogP) is 3.02. The number of halogens is 3. The standard InChI is InChI=1S/C14H16F3N3O/c1-3-18-12(13-19-8-9-20(13)2)10-4-6-11(7-5-10)21-14(15,16)17/h4-9,12,18H,3H2,1-2H3. The van der Waals surface area contributed by atoms with Crippen LogP contribution in [0, 0.1) is 0 Å². The smallest absolute Gasteiger partial charge is 0.406 e. The van der Waals surface area contributed by atoms with Crippen molar-refractivity contribution >= 4 is 0 Å². The number of rotatable bonds is 5. The second-order valence-electron chi connectivity index (χ2n) is 4.50. The van der Waals surface area contributed by atoms with E-state index in [1.165, 1.54) is 12.1 Å². The van der Waals surface area contributed by atoms with Gasteiger partial charge in [-0.05, 0) is 24.2 Å². The fourth-order valence-electron chi connectivity index (χ4n) is 2.08. The van der Waals surface area contributed by atoms with Gasteiger partial charge >= 0.3 is 6.36 Å². The minimum Gasteiger partial charge on any atom is -0.406 e. The largest absolute Gasteiger partial charge is 0.573 e. The van der Waals surface area contributed by atoms with Crippen molar-refractivity contribution in [2.75, 3.05) is 6.54 Å². The lowest BCUT2D eigenvalue weighted by Gasteiger charge is -2.18. The van der Waals surface area contributed by atoms with E-state index < -0.39 is 6.36 Å². The lowest BCUT2D eigenvalue weighted by Crippen LogP contribution is -2.24. The number of aryl methyl sites for hydroxylation is 1. The molecule has 4 nitrogen and oxygen atoms in total. The Hall–Kier alpha value is -2.02. The average molecular weight is 299 g/mol. The Morgan fingerprint density at radius 3 is 2.43 bits per heavy atom. The summed E-state index contributed by atoms with van der Waals surface area (Å²) in [7, 11) is 1.87. The van der Waals surface area contributed by atoms with Gasteiger partial charge in [-0.25, -0.2) is 4.98 Å². The van der Waals surface area contributed by atoms with Gasteiger partial charge in [0.1, 0.15) is 11.6 Å². The molecule has 0 fully saturated rings. The Balaban J connectivity index is 2.24. The molecule has 0 spiro atoms. The van der Waals surface area contributed by atoms with Crippen LogP contribution in [0.15, 0.2) is 36.7 Å². The van der Waals surface area contributed by atoms with Crippen LogP contribution in [0.2, 0.25) is 0 Å². The van der Waals surface area contributed by atoms with Crippen molar-refractivity contribution < 1.29 is 17.9 Å². The number of imidazole rings is 1. The minimum atomic E-state index is -4.68. The van der Waals surface area contributed by atoms with Gasteiger partial charge in [0, 0.05) is 19.4 Å². The topological polar surface area (TPSA) is 39.1 Å². The molecular formula is C14H16F3N3O. The van der Waals surface area contributed by atoms with Crippen molar-refractivity contribution in [2.45, 2.75) is 19.3 Å². The van der Waals surface area contributed by atoms with E-state index in [-0.39, 0.29) is 11.8 Å². The molecule has 1 N–H and O–H groups in total. The second-order valence-corrected chi connectivity index (χ2v) is 4.50. The minimum absolute atomic E-state index is 0.185. The molecule has 114 valence electrons. The normalized spacial score (nSPS) is 13.2. The lowest BCUT2D eigenvalue weighted by atomic mass is 10.1. The molecule has 7 heteroatoms. The summed E-state index contributed by atoms with van der Waals surface area (Å²) in [5, 5.41) is 3.26. The fourth-order valence-corrected chi connectivity index (χ4v) is 2.08. The average Bonchev–Trinajstić information content (AvgIpc) is 2.81. The summed E-state index contributed by atoms with van der Waals surface area (Å²) in [6.45, 7) is 2.66. The maximum absolute atomic E-state index is 12.1. The molecule has 0 bridgehead atoms. The molecular weight excluding hydrogens is 283 g/mol. The van der Waals surface area contributed by atoms with E-state index in [0.717, 1.165) is 11.4 Å². The van der Waals surface area contributed by atoms with Crippen LogP contribution in [0.4, 0.5) is 13.2 Å². The Kier molecular flexibility index (Phi) is 4.52. The molecule has 0 amide bonds. The molecule has 21 heavy (non-hydrogen) atoms. The molecule has 0 aliphatic rings. The fraction of sp³-hybridized carbons (Fsp3) is 0.357. The van der Waals surface area contributed by atoms with Gasteiger partial charge in [-0.15, -0.1) is 13.2 Å². The number of aromatic nitrogens is 2. The van der Waals surface area contributed by atoms with Gasteiger partial charge in [-0.2, -0.15) is 0 Å². The third-order valence-corrected chi connectivity index (χ3v) is 2.97. The Labute approximate surface area is 120 Å². The van der Waals surface area contributed by atoms with Crippen LogP contribution >= 0.6 is 0 Å². The van der Waals surface area contributed by atoms with E-state index in [9.17, 15) is 13.2 Å². The molecule has 2 rings (SSSR count). The van der Waals surface area contributed by atoms with Crippen LogP contribution in [0.5, 0.6) is 5.75 Å². The Morgan fingerprint density at radius 1 is 1.29 bits per heavy atom. The van der Waals surface area contributed by atoms with Gasteiger partial charge in [-0.1, -0.05) is 19.1 Å². The SMILES string of the molecule is CCNC(c1ccc(OC(F)(F)F)cc1)c1nccn1C. The molecule has 1 unspecified atom stereocenters. The summed E-state index contributed by atoms with van der Waals surface area (Å²) >= 11 is 0. The van der Waals surface area contributed by atoms with Crippen molar-refractivity contribution in [2.24, 2.45) is 7.05 Å². The van der Waals surface area contributed by atoms with E-state index in [1.807, 2.05) is 24.7 Å². The first-order valence-corrected chi connectivity index (χ1v) is 6.47. The van der Waals surface area contributed by atoms with E-state index in [2.05, 4.69) is 15.0 Å². The summed E-state index contributed by atoms with van der Waals surface area (Å²) < 4.78 is 42.2. The summed E-state index contributed by atoms with van der Waals surface area (Å²) in [5.41, 5.74) is 0.820. The first-order chi connectivity index (χ1) is 9.90. The third kappa shape index (κ3) is 3.98. The first kappa shape index (κ1) is 15.4. The highest BCUT2D eigenvalue weighted by atomic mass is 19.4. The van der Waals surface area contributed by atoms with Crippen LogP contribution in [-0.2, 0) is 7.05 Å². The van der Waals surface area contributed by atoms with Crippen LogP contribution in [-0.4, -0.2) is 22.5 Å². The van der Waals surface area contributed by atoms with Gasteiger partial charge < -0.3 is 14.6 Å². The zero-order valence-electron chi connectivity index (χ0n) is 11.7. The molecule has 0 aliphatic heterocycles. The zero-order valence-corrected chi connectivity index (χ0v) is 11.7. The van der Waals surface area contributed by atoms with Crippen LogP contribution in [0.1, 0.15) is 24.4 Å². The second kappa shape index (κ2) is 6.17. The highest BCUT2D eigenvalue weighted by molar-refractivity contribution is 5.32. The van der Waals surface area contributed by atoms with Crippen LogP contribution < -0.4 is 10.1 Å². The number of hydrogen-bond donors (Lipinski definition) is 1. The molecule has 1 aromatic heterocycles. The highest BCUT2D eigenvalue weighted by Gasteiger charge is 2.31. The monoisotopic (exact) mass is 299 g/mol.